The summed E-state index contributed by atoms with van der Waals surface area (Å²) in [5.41, 5.74) is 1.20. The lowest BCUT2D eigenvalue weighted by molar-refractivity contribution is 0.0449. The fraction of sp³-hybridized carbons (Fsp3) is 0.533. The van der Waals surface area contributed by atoms with Gasteiger partial charge in [-0.25, -0.2) is 0 Å². The SMILES string of the molecule is CCc1ccc(C(=O)NCC2(O)CCCC2)cc1. The van der Waals surface area contributed by atoms with Gasteiger partial charge in [0.2, 0.25) is 0 Å². The number of rotatable bonds is 4. The standard InChI is InChI=1S/C15H21NO2/c1-2-12-5-7-13(8-6-12)14(17)16-11-15(18)9-3-4-10-15/h5-8,18H,2-4,9-11H2,1H3,(H,16,17). The van der Waals surface area contributed by atoms with Crippen molar-refractivity contribution < 1.29 is 9.90 Å². The summed E-state index contributed by atoms with van der Waals surface area (Å²) in [5, 5.41) is 13.0. The van der Waals surface area contributed by atoms with Crippen LogP contribution in [-0.4, -0.2) is 23.2 Å². The normalized spacial score (nSPS) is 17.7. The number of hydrogen-bond donors (Lipinski definition) is 2. The Morgan fingerprint density at radius 2 is 1.89 bits per heavy atom. The first kappa shape index (κ1) is 13.1. The molecule has 2 rings (SSSR count). The van der Waals surface area contributed by atoms with Crippen LogP contribution in [-0.2, 0) is 6.42 Å². The van der Waals surface area contributed by atoms with Gasteiger partial charge in [0.1, 0.15) is 0 Å². The van der Waals surface area contributed by atoms with Crippen molar-refractivity contribution in [2.24, 2.45) is 0 Å². The molecule has 1 aliphatic carbocycles. The monoisotopic (exact) mass is 247 g/mol. The van der Waals surface area contributed by atoms with E-state index in [9.17, 15) is 9.90 Å². The van der Waals surface area contributed by atoms with Crippen molar-refractivity contribution in [2.75, 3.05) is 6.54 Å². The first-order chi connectivity index (χ1) is 8.63. The fourth-order valence-electron chi connectivity index (χ4n) is 2.45. The maximum Gasteiger partial charge on any atom is 0.251 e. The molecule has 0 spiro atoms. The minimum Gasteiger partial charge on any atom is -0.388 e. The quantitative estimate of drug-likeness (QED) is 0.857. The molecule has 98 valence electrons. The van der Waals surface area contributed by atoms with Gasteiger partial charge in [-0.15, -0.1) is 0 Å². The average molecular weight is 247 g/mol. The van der Waals surface area contributed by atoms with Gasteiger partial charge in [0.05, 0.1) is 5.60 Å². The smallest absolute Gasteiger partial charge is 0.251 e. The van der Waals surface area contributed by atoms with E-state index in [0.29, 0.717) is 12.1 Å². The molecule has 0 radical (unpaired) electrons. The zero-order valence-corrected chi connectivity index (χ0v) is 10.9. The summed E-state index contributed by atoms with van der Waals surface area (Å²) in [6.07, 6.45) is 4.67. The van der Waals surface area contributed by atoms with Crippen molar-refractivity contribution in [3.8, 4) is 0 Å². The highest BCUT2D eigenvalue weighted by atomic mass is 16.3. The van der Waals surface area contributed by atoms with E-state index in [-0.39, 0.29) is 5.91 Å². The van der Waals surface area contributed by atoms with Crippen molar-refractivity contribution in [2.45, 2.75) is 44.6 Å². The molecule has 1 aromatic rings. The van der Waals surface area contributed by atoms with Gasteiger partial charge >= 0.3 is 0 Å². The third-order valence-corrected chi connectivity index (χ3v) is 3.74. The molecular formula is C15H21NO2. The number of nitrogens with one attached hydrogen (secondary N) is 1. The molecule has 1 fully saturated rings. The Labute approximate surface area is 108 Å². The molecule has 0 aliphatic heterocycles. The maximum absolute atomic E-state index is 11.9. The Morgan fingerprint density at radius 3 is 2.44 bits per heavy atom. The Hall–Kier alpha value is -1.35. The van der Waals surface area contributed by atoms with Crippen LogP contribution in [0.15, 0.2) is 24.3 Å². The summed E-state index contributed by atoms with van der Waals surface area (Å²) in [4.78, 5) is 11.9. The number of hydrogen-bond acceptors (Lipinski definition) is 2. The van der Waals surface area contributed by atoms with Crippen LogP contribution in [0, 0.1) is 0 Å². The minimum absolute atomic E-state index is 0.0991. The molecule has 0 atom stereocenters. The molecular weight excluding hydrogens is 226 g/mol. The molecule has 1 amide bonds. The largest absolute Gasteiger partial charge is 0.388 e. The molecule has 3 heteroatoms. The van der Waals surface area contributed by atoms with Gasteiger partial charge in [-0.2, -0.15) is 0 Å². The Bertz CT molecular complexity index is 405. The van der Waals surface area contributed by atoms with E-state index >= 15 is 0 Å². The van der Waals surface area contributed by atoms with Gasteiger partial charge in [0, 0.05) is 12.1 Å². The molecule has 1 aromatic carbocycles. The van der Waals surface area contributed by atoms with Gasteiger partial charge in [-0.1, -0.05) is 31.9 Å². The van der Waals surface area contributed by atoms with Crippen molar-refractivity contribution in [1.82, 2.24) is 5.32 Å². The first-order valence-electron chi connectivity index (χ1n) is 6.72. The van der Waals surface area contributed by atoms with E-state index in [0.717, 1.165) is 32.1 Å². The first-order valence-corrected chi connectivity index (χ1v) is 6.72. The van der Waals surface area contributed by atoms with Gasteiger partial charge < -0.3 is 10.4 Å². The molecule has 0 aromatic heterocycles. The lowest BCUT2D eigenvalue weighted by Gasteiger charge is -2.22. The van der Waals surface area contributed by atoms with Crippen LogP contribution in [0.4, 0.5) is 0 Å². The van der Waals surface area contributed by atoms with Crippen LogP contribution in [0.2, 0.25) is 0 Å². The summed E-state index contributed by atoms with van der Waals surface area (Å²) in [6, 6.07) is 7.62. The minimum atomic E-state index is -0.682. The zero-order valence-electron chi connectivity index (χ0n) is 10.9. The van der Waals surface area contributed by atoms with Crippen LogP contribution in [0.5, 0.6) is 0 Å². The summed E-state index contributed by atoms with van der Waals surface area (Å²) in [6.45, 7) is 2.45. The summed E-state index contributed by atoms with van der Waals surface area (Å²) < 4.78 is 0. The molecule has 0 bridgehead atoms. The number of aryl methyl sites for hydroxylation is 1. The van der Waals surface area contributed by atoms with Gasteiger partial charge in [0.25, 0.3) is 5.91 Å². The zero-order chi connectivity index (χ0) is 13.0. The fourth-order valence-corrected chi connectivity index (χ4v) is 2.45. The third kappa shape index (κ3) is 3.10. The summed E-state index contributed by atoms with van der Waals surface area (Å²) in [7, 11) is 0. The summed E-state index contributed by atoms with van der Waals surface area (Å²) in [5.74, 6) is -0.0991. The van der Waals surface area contributed by atoms with E-state index in [1.807, 2.05) is 24.3 Å². The number of carbonyl (C=O) groups excluding carboxylic acids is 1. The molecule has 0 heterocycles. The van der Waals surface area contributed by atoms with E-state index in [1.165, 1.54) is 5.56 Å². The predicted octanol–water partition coefficient (Wildman–Crippen LogP) is 2.28. The second kappa shape index (κ2) is 5.53. The molecule has 18 heavy (non-hydrogen) atoms. The number of aliphatic hydroxyl groups is 1. The Balaban J connectivity index is 1.90. The van der Waals surface area contributed by atoms with E-state index in [2.05, 4.69) is 12.2 Å². The van der Waals surface area contributed by atoms with Crippen molar-refractivity contribution >= 4 is 5.91 Å². The second-order valence-electron chi connectivity index (χ2n) is 5.16. The molecule has 0 unspecified atom stereocenters. The number of benzene rings is 1. The lowest BCUT2D eigenvalue weighted by Crippen LogP contribution is -2.40. The molecule has 2 N–H and O–H groups in total. The van der Waals surface area contributed by atoms with Crippen LogP contribution in [0.3, 0.4) is 0 Å². The lowest BCUT2D eigenvalue weighted by atomic mass is 10.0. The van der Waals surface area contributed by atoms with E-state index in [1.54, 1.807) is 0 Å². The third-order valence-electron chi connectivity index (χ3n) is 3.74. The van der Waals surface area contributed by atoms with E-state index in [4.69, 9.17) is 0 Å². The highest BCUT2D eigenvalue weighted by molar-refractivity contribution is 5.94. The second-order valence-corrected chi connectivity index (χ2v) is 5.16. The van der Waals surface area contributed by atoms with Crippen LogP contribution in [0.25, 0.3) is 0 Å². The number of amides is 1. The topological polar surface area (TPSA) is 49.3 Å². The van der Waals surface area contributed by atoms with Crippen LogP contribution >= 0.6 is 0 Å². The predicted molar refractivity (Wildman–Crippen MR) is 71.6 cm³/mol. The molecule has 0 saturated heterocycles. The highest BCUT2D eigenvalue weighted by Crippen LogP contribution is 2.28. The molecule has 1 saturated carbocycles. The van der Waals surface area contributed by atoms with Crippen LogP contribution < -0.4 is 5.32 Å². The Kier molecular flexibility index (Phi) is 4.02. The molecule has 1 aliphatic rings. The summed E-state index contributed by atoms with van der Waals surface area (Å²) >= 11 is 0. The van der Waals surface area contributed by atoms with Crippen molar-refractivity contribution in [3.63, 3.8) is 0 Å². The van der Waals surface area contributed by atoms with Crippen molar-refractivity contribution in [3.05, 3.63) is 35.4 Å². The van der Waals surface area contributed by atoms with E-state index < -0.39 is 5.60 Å². The average Bonchev–Trinajstić information content (AvgIpc) is 2.83. The maximum atomic E-state index is 11.9. The van der Waals surface area contributed by atoms with Crippen molar-refractivity contribution in [1.29, 1.82) is 0 Å². The van der Waals surface area contributed by atoms with Gasteiger partial charge in [0.15, 0.2) is 0 Å². The highest BCUT2D eigenvalue weighted by Gasteiger charge is 2.31. The van der Waals surface area contributed by atoms with Gasteiger partial charge in [-0.05, 0) is 37.0 Å². The number of carbonyl (C=O) groups is 1. The van der Waals surface area contributed by atoms with Gasteiger partial charge in [-0.3, -0.25) is 4.79 Å². The van der Waals surface area contributed by atoms with Crippen LogP contribution in [0.1, 0.15) is 48.5 Å². The Morgan fingerprint density at radius 1 is 1.28 bits per heavy atom. The molecule has 3 nitrogen and oxygen atoms in total.